The molecule has 0 fully saturated rings. The van der Waals surface area contributed by atoms with E-state index in [1.165, 1.54) is 0 Å². The first-order chi connectivity index (χ1) is 8.40. The van der Waals surface area contributed by atoms with E-state index >= 15 is 0 Å². The normalized spacial score (nSPS) is 10.6. The molecule has 0 unspecified atom stereocenters. The van der Waals surface area contributed by atoms with Crippen LogP contribution in [0.1, 0.15) is 0 Å². The zero-order valence-electron chi connectivity index (χ0n) is 9.21. The lowest BCUT2D eigenvalue weighted by molar-refractivity contribution is 0.418. The van der Waals surface area contributed by atoms with Gasteiger partial charge in [-0.3, -0.25) is 9.97 Å². The fourth-order valence-electron chi connectivity index (χ4n) is 1.81. The largest absolute Gasteiger partial charge is 0.494 e. The average Bonchev–Trinajstić information content (AvgIpc) is 2.88. The van der Waals surface area contributed by atoms with Gasteiger partial charge < -0.3 is 9.72 Å². The molecule has 0 spiro atoms. The van der Waals surface area contributed by atoms with Gasteiger partial charge in [-0.15, -0.1) is 0 Å². The molecule has 0 aliphatic heterocycles. The molecule has 3 rings (SSSR count). The monoisotopic (exact) mass is 226 g/mol. The molecule has 0 saturated heterocycles. The minimum absolute atomic E-state index is 0.739. The van der Waals surface area contributed by atoms with Gasteiger partial charge in [-0.2, -0.15) is 0 Å². The Morgan fingerprint density at radius 3 is 2.88 bits per heavy atom. The van der Waals surface area contributed by atoms with E-state index in [-0.39, 0.29) is 0 Å². The minimum Gasteiger partial charge on any atom is -0.494 e. The molecule has 0 aromatic carbocycles. The van der Waals surface area contributed by atoms with E-state index < -0.39 is 0 Å². The minimum atomic E-state index is 0.739. The molecule has 0 aliphatic rings. The third-order valence-electron chi connectivity index (χ3n) is 2.59. The van der Waals surface area contributed by atoms with Crippen LogP contribution < -0.4 is 4.74 Å². The lowest BCUT2D eigenvalue weighted by atomic mass is 10.2. The van der Waals surface area contributed by atoms with Crippen molar-refractivity contribution in [1.29, 1.82) is 0 Å². The van der Waals surface area contributed by atoms with Gasteiger partial charge in [0.15, 0.2) is 0 Å². The van der Waals surface area contributed by atoms with Crippen LogP contribution in [0.15, 0.2) is 37.1 Å². The SMILES string of the molecule is COc1cnc(-c2cnccn2)c2[nH]ccc12. The highest BCUT2D eigenvalue weighted by atomic mass is 16.5. The third kappa shape index (κ3) is 1.52. The zero-order valence-corrected chi connectivity index (χ0v) is 9.21. The number of pyridine rings is 1. The van der Waals surface area contributed by atoms with E-state index in [9.17, 15) is 0 Å². The molecular formula is C12H10N4O. The molecule has 84 valence electrons. The zero-order chi connectivity index (χ0) is 11.7. The standard InChI is InChI=1S/C12H10N4O/c1-17-10-7-16-12(9-6-13-4-5-14-9)11-8(10)2-3-15-11/h2-7,15H,1H3. The van der Waals surface area contributed by atoms with Gasteiger partial charge in [0.2, 0.25) is 0 Å². The number of H-pyrrole nitrogens is 1. The maximum atomic E-state index is 5.26. The Balaban J connectivity index is 2.29. The number of fused-ring (bicyclic) bond motifs is 1. The maximum absolute atomic E-state index is 5.26. The van der Waals surface area contributed by atoms with Crippen LogP contribution in [0.3, 0.4) is 0 Å². The van der Waals surface area contributed by atoms with E-state index in [2.05, 4.69) is 19.9 Å². The summed E-state index contributed by atoms with van der Waals surface area (Å²) in [6, 6.07) is 1.95. The number of aromatic nitrogens is 4. The van der Waals surface area contributed by atoms with Crippen molar-refractivity contribution in [3.05, 3.63) is 37.1 Å². The molecule has 1 N–H and O–H groups in total. The van der Waals surface area contributed by atoms with Crippen molar-refractivity contribution in [2.75, 3.05) is 7.11 Å². The molecule has 0 atom stereocenters. The number of nitrogens with one attached hydrogen (secondary N) is 1. The number of hydrogen-bond acceptors (Lipinski definition) is 4. The van der Waals surface area contributed by atoms with Crippen molar-refractivity contribution in [3.63, 3.8) is 0 Å². The third-order valence-corrected chi connectivity index (χ3v) is 2.59. The first-order valence-electron chi connectivity index (χ1n) is 5.16. The van der Waals surface area contributed by atoms with Crippen LogP contribution in [0.2, 0.25) is 0 Å². The number of hydrogen-bond donors (Lipinski definition) is 1. The summed E-state index contributed by atoms with van der Waals surface area (Å²) in [7, 11) is 1.63. The quantitative estimate of drug-likeness (QED) is 0.726. The Labute approximate surface area is 97.5 Å². The van der Waals surface area contributed by atoms with Gasteiger partial charge >= 0.3 is 0 Å². The fourth-order valence-corrected chi connectivity index (χ4v) is 1.81. The first kappa shape index (κ1) is 9.77. The topological polar surface area (TPSA) is 63.7 Å². The van der Waals surface area contributed by atoms with Crippen molar-refractivity contribution in [2.45, 2.75) is 0 Å². The van der Waals surface area contributed by atoms with Crippen LogP contribution in [-0.4, -0.2) is 27.0 Å². The molecule has 17 heavy (non-hydrogen) atoms. The van der Waals surface area contributed by atoms with Gasteiger partial charge in [0, 0.05) is 24.0 Å². The van der Waals surface area contributed by atoms with Crippen LogP contribution in [0, 0.1) is 0 Å². The van der Waals surface area contributed by atoms with Gasteiger partial charge in [-0.05, 0) is 6.07 Å². The summed E-state index contributed by atoms with van der Waals surface area (Å²) in [5.41, 5.74) is 2.42. The van der Waals surface area contributed by atoms with Crippen molar-refractivity contribution in [2.24, 2.45) is 0 Å². The second-order valence-corrected chi connectivity index (χ2v) is 3.53. The predicted octanol–water partition coefficient (Wildman–Crippen LogP) is 2.03. The van der Waals surface area contributed by atoms with E-state index in [4.69, 9.17) is 4.74 Å². The van der Waals surface area contributed by atoms with Crippen LogP contribution in [-0.2, 0) is 0 Å². The molecule has 0 amide bonds. The number of aromatic amines is 1. The lowest BCUT2D eigenvalue weighted by Crippen LogP contribution is -1.92. The summed E-state index contributed by atoms with van der Waals surface area (Å²) in [6.07, 6.45) is 8.53. The maximum Gasteiger partial charge on any atom is 0.146 e. The summed E-state index contributed by atoms with van der Waals surface area (Å²) in [4.78, 5) is 15.8. The second-order valence-electron chi connectivity index (χ2n) is 3.53. The summed E-state index contributed by atoms with van der Waals surface area (Å²) >= 11 is 0. The molecule has 3 aromatic heterocycles. The highest BCUT2D eigenvalue weighted by molar-refractivity contribution is 5.94. The second kappa shape index (κ2) is 3.86. The summed E-state index contributed by atoms with van der Waals surface area (Å²) < 4.78 is 5.26. The van der Waals surface area contributed by atoms with E-state index in [1.54, 1.807) is 31.9 Å². The lowest BCUT2D eigenvalue weighted by Gasteiger charge is -2.05. The molecule has 0 saturated carbocycles. The summed E-state index contributed by atoms with van der Waals surface area (Å²) in [6.45, 7) is 0. The van der Waals surface area contributed by atoms with Crippen LogP contribution >= 0.6 is 0 Å². The van der Waals surface area contributed by atoms with Gasteiger partial charge in [0.05, 0.1) is 25.0 Å². The molecule has 3 heterocycles. The Kier molecular flexibility index (Phi) is 2.22. The van der Waals surface area contributed by atoms with Crippen molar-refractivity contribution < 1.29 is 4.74 Å². The van der Waals surface area contributed by atoms with E-state index in [0.717, 1.165) is 28.0 Å². The van der Waals surface area contributed by atoms with Crippen LogP contribution in [0.25, 0.3) is 22.3 Å². The summed E-state index contributed by atoms with van der Waals surface area (Å²) in [5.74, 6) is 0.744. The Morgan fingerprint density at radius 2 is 2.12 bits per heavy atom. The molecule has 0 bridgehead atoms. The molecule has 5 heteroatoms. The Hall–Kier alpha value is -2.43. The van der Waals surface area contributed by atoms with Crippen LogP contribution in [0.4, 0.5) is 0 Å². The Morgan fingerprint density at radius 1 is 1.18 bits per heavy atom. The van der Waals surface area contributed by atoms with E-state index in [0.29, 0.717) is 0 Å². The highest BCUT2D eigenvalue weighted by Gasteiger charge is 2.11. The van der Waals surface area contributed by atoms with Gasteiger partial charge in [0.25, 0.3) is 0 Å². The molecule has 0 aliphatic carbocycles. The number of nitrogens with zero attached hydrogens (tertiary/aromatic N) is 3. The van der Waals surface area contributed by atoms with Crippen molar-refractivity contribution in [1.82, 2.24) is 19.9 Å². The van der Waals surface area contributed by atoms with Gasteiger partial charge in [0.1, 0.15) is 17.1 Å². The summed E-state index contributed by atoms with van der Waals surface area (Å²) in [5, 5.41) is 0.989. The molecule has 5 nitrogen and oxygen atoms in total. The van der Waals surface area contributed by atoms with Gasteiger partial charge in [-0.1, -0.05) is 0 Å². The fraction of sp³-hybridized carbons (Fsp3) is 0.0833. The predicted molar refractivity (Wildman–Crippen MR) is 63.7 cm³/mol. The number of rotatable bonds is 2. The number of ether oxygens (including phenoxy) is 1. The molecular weight excluding hydrogens is 216 g/mol. The molecule has 3 aromatic rings. The van der Waals surface area contributed by atoms with E-state index in [1.807, 2.05) is 12.3 Å². The first-order valence-corrected chi connectivity index (χ1v) is 5.16. The highest BCUT2D eigenvalue weighted by Crippen LogP contribution is 2.29. The van der Waals surface area contributed by atoms with Gasteiger partial charge in [-0.25, -0.2) is 4.98 Å². The van der Waals surface area contributed by atoms with Crippen molar-refractivity contribution >= 4 is 10.9 Å². The van der Waals surface area contributed by atoms with Crippen molar-refractivity contribution in [3.8, 4) is 17.1 Å². The smallest absolute Gasteiger partial charge is 0.146 e. The molecule has 0 radical (unpaired) electrons. The average molecular weight is 226 g/mol. The van der Waals surface area contributed by atoms with Crippen LogP contribution in [0.5, 0.6) is 5.75 Å². The number of methoxy groups -OCH3 is 1. The Bertz CT molecular complexity index is 648.